The Bertz CT molecular complexity index is 725. The van der Waals surface area contributed by atoms with Crippen molar-refractivity contribution < 1.29 is 14.5 Å². The first-order valence-electron chi connectivity index (χ1n) is 6.13. The Morgan fingerprint density at radius 2 is 1.95 bits per heavy atom. The highest BCUT2D eigenvalue weighted by Crippen LogP contribution is 2.22. The molecular weight excluding hydrogens is 272 g/mol. The van der Waals surface area contributed by atoms with E-state index in [0.717, 1.165) is 0 Å². The highest BCUT2D eigenvalue weighted by Gasteiger charge is 2.17. The summed E-state index contributed by atoms with van der Waals surface area (Å²) in [4.78, 5) is 33.2. The molecule has 0 radical (unpaired) electrons. The zero-order chi connectivity index (χ0) is 15.4. The topological polar surface area (TPSA) is 89.3 Å². The largest absolute Gasteiger partial charge is 0.322 e. The minimum Gasteiger partial charge on any atom is -0.322 e. The molecule has 6 heteroatoms. The summed E-state index contributed by atoms with van der Waals surface area (Å²) < 4.78 is 0. The predicted octanol–water partition coefficient (Wildman–Crippen LogP) is 2.97. The van der Waals surface area contributed by atoms with E-state index < -0.39 is 10.8 Å². The van der Waals surface area contributed by atoms with E-state index in [2.05, 4.69) is 5.32 Å². The maximum Gasteiger partial charge on any atom is 0.273 e. The Morgan fingerprint density at radius 1 is 1.24 bits per heavy atom. The number of benzene rings is 2. The van der Waals surface area contributed by atoms with Gasteiger partial charge < -0.3 is 5.32 Å². The molecule has 106 valence electrons. The summed E-state index contributed by atoms with van der Waals surface area (Å²) in [5.41, 5.74) is 1.30. The summed E-state index contributed by atoms with van der Waals surface area (Å²) in [5.74, 6) is -0.459. The quantitative estimate of drug-likeness (QED) is 0.531. The molecule has 0 bridgehead atoms. The van der Waals surface area contributed by atoms with Gasteiger partial charge in [-0.25, -0.2) is 0 Å². The second-order valence-corrected chi connectivity index (χ2v) is 4.40. The standard InChI is InChI=1S/C15H12N2O4/c1-10-13(6-3-7-14(10)17(20)21)15(19)16-12-5-2-4-11(8-12)9-18/h2-9H,1H3,(H,16,19). The molecule has 6 nitrogen and oxygen atoms in total. The number of nitro groups is 1. The molecule has 1 amide bonds. The van der Waals surface area contributed by atoms with E-state index in [1.807, 2.05) is 0 Å². The Morgan fingerprint density at radius 3 is 2.62 bits per heavy atom. The summed E-state index contributed by atoms with van der Waals surface area (Å²) in [6.45, 7) is 1.52. The van der Waals surface area contributed by atoms with Crippen LogP contribution in [0.3, 0.4) is 0 Å². The van der Waals surface area contributed by atoms with Crippen LogP contribution in [0, 0.1) is 17.0 Å². The van der Waals surface area contributed by atoms with Crippen LogP contribution in [0.5, 0.6) is 0 Å². The van der Waals surface area contributed by atoms with Crippen molar-refractivity contribution in [2.24, 2.45) is 0 Å². The fraction of sp³-hybridized carbons (Fsp3) is 0.0667. The summed E-state index contributed by atoms with van der Waals surface area (Å²) in [6.07, 6.45) is 0.675. The molecule has 0 heterocycles. The number of rotatable bonds is 4. The monoisotopic (exact) mass is 284 g/mol. The summed E-state index contributed by atoms with van der Waals surface area (Å²) in [7, 11) is 0. The number of aldehydes is 1. The van der Waals surface area contributed by atoms with Crippen LogP contribution in [0.15, 0.2) is 42.5 Å². The molecule has 0 atom stereocenters. The van der Waals surface area contributed by atoms with Crippen molar-refractivity contribution in [3.8, 4) is 0 Å². The van der Waals surface area contributed by atoms with Crippen molar-refractivity contribution >= 4 is 23.6 Å². The number of anilines is 1. The highest BCUT2D eigenvalue weighted by molar-refractivity contribution is 6.06. The molecular formula is C15H12N2O4. The van der Waals surface area contributed by atoms with Crippen molar-refractivity contribution in [3.63, 3.8) is 0 Å². The summed E-state index contributed by atoms with van der Waals surface area (Å²) in [5, 5.41) is 13.5. The molecule has 0 aromatic heterocycles. The lowest BCUT2D eigenvalue weighted by Crippen LogP contribution is -2.14. The van der Waals surface area contributed by atoms with Crippen LogP contribution in [0.4, 0.5) is 11.4 Å². The van der Waals surface area contributed by atoms with E-state index in [9.17, 15) is 19.7 Å². The summed E-state index contributed by atoms with van der Waals surface area (Å²) in [6, 6.07) is 10.7. The van der Waals surface area contributed by atoms with Gasteiger partial charge in [-0.05, 0) is 25.1 Å². The molecule has 21 heavy (non-hydrogen) atoms. The molecule has 0 saturated heterocycles. The number of nitro benzene ring substituents is 1. The fourth-order valence-corrected chi connectivity index (χ4v) is 1.96. The van der Waals surface area contributed by atoms with Crippen molar-refractivity contribution in [2.75, 3.05) is 5.32 Å². The Labute approximate surface area is 120 Å². The Hall–Kier alpha value is -3.02. The van der Waals surface area contributed by atoms with Crippen LogP contribution >= 0.6 is 0 Å². The molecule has 0 saturated carbocycles. The van der Waals surface area contributed by atoms with Crippen LogP contribution in [0.2, 0.25) is 0 Å². The van der Waals surface area contributed by atoms with Gasteiger partial charge in [-0.15, -0.1) is 0 Å². The lowest BCUT2D eigenvalue weighted by Gasteiger charge is -2.08. The smallest absolute Gasteiger partial charge is 0.273 e. The average Bonchev–Trinajstić information content (AvgIpc) is 2.47. The minimum absolute atomic E-state index is 0.107. The number of nitrogens with one attached hydrogen (secondary N) is 1. The maximum absolute atomic E-state index is 12.2. The third-order valence-electron chi connectivity index (χ3n) is 3.03. The molecule has 0 aliphatic heterocycles. The molecule has 2 aromatic rings. The fourth-order valence-electron chi connectivity index (χ4n) is 1.96. The van der Waals surface area contributed by atoms with Gasteiger partial charge in [-0.3, -0.25) is 19.7 Å². The molecule has 2 rings (SSSR count). The second kappa shape index (κ2) is 5.96. The van der Waals surface area contributed by atoms with Gasteiger partial charge in [0.1, 0.15) is 6.29 Å². The zero-order valence-corrected chi connectivity index (χ0v) is 11.2. The van der Waals surface area contributed by atoms with Gasteiger partial charge in [0.2, 0.25) is 0 Å². The predicted molar refractivity (Wildman–Crippen MR) is 77.6 cm³/mol. The Balaban J connectivity index is 2.30. The molecule has 0 aliphatic rings. The van der Waals surface area contributed by atoms with E-state index >= 15 is 0 Å². The van der Waals surface area contributed by atoms with Crippen LogP contribution in [0.25, 0.3) is 0 Å². The van der Waals surface area contributed by atoms with Crippen molar-refractivity contribution in [1.82, 2.24) is 0 Å². The van der Waals surface area contributed by atoms with Crippen LogP contribution in [0.1, 0.15) is 26.3 Å². The summed E-state index contributed by atoms with van der Waals surface area (Å²) >= 11 is 0. The zero-order valence-electron chi connectivity index (χ0n) is 11.2. The number of carbonyl (C=O) groups excluding carboxylic acids is 2. The maximum atomic E-state index is 12.2. The Kier molecular flexibility index (Phi) is 4.08. The van der Waals surface area contributed by atoms with Gasteiger partial charge in [-0.2, -0.15) is 0 Å². The van der Waals surface area contributed by atoms with E-state index in [1.54, 1.807) is 18.2 Å². The van der Waals surface area contributed by atoms with E-state index in [1.165, 1.54) is 31.2 Å². The first kappa shape index (κ1) is 14.4. The first-order chi connectivity index (χ1) is 10.0. The number of nitrogens with zero attached hydrogens (tertiary/aromatic N) is 1. The number of carbonyl (C=O) groups is 2. The van der Waals surface area contributed by atoms with Gasteiger partial charge in [0.05, 0.1) is 4.92 Å². The van der Waals surface area contributed by atoms with E-state index in [4.69, 9.17) is 0 Å². The normalized spacial score (nSPS) is 9.95. The van der Waals surface area contributed by atoms with Gasteiger partial charge >= 0.3 is 0 Å². The number of hydrogen-bond acceptors (Lipinski definition) is 4. The van der Waals surface area contributed by atoms with Gasteiger partial charge in [0.15, 0.2) is 0 Å². The molecule has 0 spiro atoms. The third-order valence-corrected chi connectivity index (χ3v) is 3.03. The van der Waals surface area contributed by atoms with Gasteiger partial charge in [0.25, 0.3) is 11.6 Å². The average molecular weight is 284 g/mol. The SMILES string of the molecule is Cc1c(C(=O)Nc2cccc(C=O)c2)cccc1[N+](=O)[O-]. The highest BCUT2D eigenvalue weighted by atomic mass is 16.6. The van der Waals surface area contributed by atoms with Crippen LogP contribution in [-0.4, -0.2) is 17.1 Å². The minimum atomic E-state index is -0.529. The van der Waals surface area contributed by atoms with Crippen molar-refractivity contribution in [1.29, 1.82) is 0 Å². The molecule has 0 fully saturated rings. The molecule has 0 unspecified atom stereocenters. The molecule has 0 aliphatic carbocycles. The van der Waals surface area contributed by atoms with Crippen molar-refractivity contribution in [2.45, 2.75) is 6.92 Å². The second-order valence-electron chi connectivity index (χ2n) is 4.40. The number of amides is 1. The lowest BCUT2D eigenvalue weighted by molar-refractivity contribution is -0.385. The van der Waals surface area contributed by atoms with Gasteiger partial charge in [0, 0.05) is 28.4 Å². The van der Waals surface area contributed by atoms with Crippen molar-refractivity contribution in [3.05, 3.63) is 69.3 Å². The lowest BCUT2D eigenvalue weighted by atomic mass is 10.1. The van der Waals surface area contributed by atoms with Gasteiger partial charge in [-0.1, -0.05) is 18.2 Å². The third kappa shape index (κ3) is 3.11. The molecule has 2 aromatic carbocycles. The van der Waals surface area contributed by atoms with E-state index in [-0.39, 0.29) is 11.3 Å². The van der Waals surface area contributed by atoms with Crippen LogP contribution < -0.4 is 5.32 Å². The van der Waals surface area contributed by atoms with E-state index in [0.29, 0.717) is 23.1 Å². The molecule has 1 N–H and O–H groups in total. The number of hydrogen-bond donors (Lipinski definition) is 1. The first-order valence-corrected chi connectivity index (χ1v) is 6.13. The van der Waals surface area contributed by atoms with Crippen LogP contribution in [-0.2, 0) is 0 Å².